The number of ether oxygens (including phenoxy) is 5. The topological polar surface area (TPSA) is 109 Å². The molecule has 2 aromatic rings. The SMILES string of the molecule is COCCCOc1cc(C2NC(C(=O)O[C@@H](C(=O)OC)c3ccccc3)CC2C(C)=O)ccc1OC. The molecule has 1 saturated heterocycles. The molecule has 9 nitrogen and oxygen atoms in total. The van der Waals surface area contributed by atoms with Gasteiger partial charge in [-0.3, -0.25) is 14.9 Å². The van der Waals surface area contributed by atoms with Crippen molar-refractivity contribution < 1.29 is 38.1 Å². The Bertz CT molecular complexity index is 1040. The summed E-state index contributed by atoms with van der Waals surface area (Å²) in [4.78, 5) is 38.0. The van der Waals surface area contributed by atoms with Gasteiger partial charge >= 0.3 is 11.9 Å². The first-order valence-corrected chi connectivity index (χ1v) is 11.8. The smallest absolute Gasteiger partial charge is 0.351 e. The number of methoxy groups -OCH3 is 3. The fraction of sp³-hybridized carbons (Fsp3) is 0.444. The lowest BCUT2D eigenvalue weighted by Gasteiger charge is -2.21. The van der Waals surface area contributed by atoms with E-state index in [1.807, 2.05) is 12.1 Å². The van der Waals surface area contributed by atoms with Gasteiger partial charge in [-0.05, 0) is 31.0 Å². The molecule has 1 heterocycles. The summed E-state index contributed by atoms with van der Waals surface area (Å²) in [5.74, 6) is -0.742. The normalized spacial score (nSPS) is 19.8. The van der Waals surface area contributed by atoms with Crippen LogP contribution in [0, 0.1) is 5.92 Å². The van der Waals surface area contributed by atoms with E-state index in [2.05, 4.69) is 5.32 Å². The Morgan fingerprint density at radius 3 is 2.39 bits per heavy atom. The van der Waals surface area contributed by atoms with Crippen molar-refractivity contribution in [1.29, 1.82) is 0 Å². The molecule has 0 saturated carbocycles. The average molecular weight is 500 g/mol. The Morgan fingerprint density at radius 2 is 1.75 bits per heavy atom. The van der Waals surface area contributed by atoms with Gasteiger partial charge in [-0.1, -0.05) is 36.4 Å². The molecule has 194 valence electrons. The predicted octanol–water partition coefficient (Wildman–Crippen LogP) is 3.18. The van der Waals surface area contributed by atoms with E-state index in [0.717, 1.165) is 5.56 Å². The number of benzene rings is 2. The van der Waals surface area contributed by atoms with Crippen molar-refractivity contribution in [3.8, 4) is 11.5 Å². The molecule has 0 aromatic heterocycles. The second-order valence-electron chi connectivity index (χ2n) is 8.51. The van der Waals surface area contributed by atoms with Crippen molar-refractivity contribution >= 4 is 17.7 Å². The number of hydrogen-bond donors (Lipinski definition) is 1. The molecule has 2 aromatic carbocycles. The van der Waals surface area contributed by atoms with Crippen molar-refractivity contribution in [2.45, 2.75) is 38.0 Å². The minimum absolute atomic E-state index is 0.0613. The molecule has 0 bridgehead atoms. The van der Waals surface area contributed by atoms with Crippen LogP contribution in [0.4, 0.5) is 0 Å². The average Bonchev–Trinajstić information content (AvgIpc) is 3.36. The number of rotatable bonds is 12. The van der Waals surface area contributed by atoms with Crippen molar-refractivity contribution in [2.75, 3.05) is 34.5 Å². The highest BCUT2D eigenvalue weighted by Gasteiger charge is 2.42. The van der Waals surface area contributed by atoms with Crippen molar-refractivity contribution in [3.63, 3.8) is 0 Å². The molecule has 4 atom stereocenters. The summed E-state index contributed by atoms with van der Waals surface area (Å²) in [7, 11) is 4.42. The lowest BCUT2D eigenvalue weighted by Crippen LogP contribution is -2.36. The van der Waals surface area contributed by atoms with E-state index in [1.54, 1.807) is 50.6 Å². The van der Waals surface area contributed by atoms with E-state index >= 15 is 0 Å². The van der Waals surface area contributed by atoms with Crippen molar-refractivity contribution in [3.05, 3.63) is 59.7 Å². The Balaban J connectivity index is 1.79. The second kappa shape index (κ2) is 13.0. The van der Waals surface area contributed by atoms with Gasteiger partial charge in [-0.15, -0.1) is 0 Å². The van der Waals surface area contributed by atoms with Crippen LogP contribution in [0.2, 0.25) is 0 Å². The Labute approximate surface area is 211 Å². The van der Waals surface area contributed by atoms with Crippen LogP contribution in [0.15, 0.2) is 48.5 Å². The molecular weight excluding hydrogens is 466 g/mol. The maximum Gasteiger partial charge on any atom is 0.351 e. The van der Waals surface area contributed by atoms with Gasteiger partial charge in [-0.2, -0.15) is 0 Å². The van der Waals surface area contributed by atoms with Gasteiger partial charge in [0.2, 0.25) is 6.10 Å². The van der Waals surface area contributed by atoms with Crippen LogP contribution in [0.3, 0.4) is 0 Å². The molecule has 1 aliphatic heterocycles. The number of carbonyl (C=O) groups excluding carboxylic acids is 3. The molecule has 0 radical (unpaired) electrons. The van der Waals surface area contributed by atoms with Crippen molar-refractivity contribution in [2.24, 2.45) is 5.92 Å². The number of nitrogens with one attached hydrogen (secondary N) is 1. The van der Waals surface area contributed by atoms with E-state index in [9.17, 15) is 14.4 Å². The second-order valence-corrected chi connectivity index (χ2v) is 8.51. The van der Waals surface area contributed by atoms with Gasteiger partial charge in [0.15, 0.2) is 11.5 Å². The van der Waals surface area contributed by atoms with Crippen LogP contribution in [0.1, 0.15) is 43.0 Å². The van der Waals surface area contributed by atoms with Gasteiger partial charge in [0, 0.05) is 37.7 Å². The maximum atomic E-state index is 13.1. The fourth-order valence-corrected chi connectivity index (χ4v) is 4.25. The number of hydrogen-bond acceptors (Lipinski definition) is 9. The third-order valence-corrected chi connectivity index (χ3v) is 6.13. The van der Waals surface area contributed by atoms with Crippen LogP contribution in [0.5, 0.6) is 11.5 Å². The lowest BCUT2D eigenvalue weighted by molar-refractivity contribution is -0.168. The zero-order chi connectivity index (χ0) is 26.1. The molecule has 1 fully saturated rings. The molecule has 1 aliphatic rings. The molecule has 9 heteroatoms. The highest BCUT2D eigenvalue weighted by atomic mass is 16.6. The summed E-state index contributed by atoms with van der Waals surface area (Å²) in [6.45, 7) is 2.50. The van der Waals surface area contributed by atoms with E-state index < -0.39 is 36.0 Å². The Morgan fingerprint density at radius 1 is 1.00 bits per heavy atom. The molecule has 0 amide bonds. The van der Waals surface area contributed by atoms with Gasteiger partial charge in [-0.25, -0.2) is 4.79 Å². The maximum absolute atomic E-state index is 13.1. The summed E-state index contributed by atoms with van der Waals surface area (Å²) in [5.41, 5.74) is 1.28. The van der Waals surface area contributed by atoms with Crippen LogP contribution in [-0.4, -0.2) is 58.3 Å². The predicted molar refractivity (Wildman–Crippen MR) is 131 cm³/mol. The molecule has 3 unspecified atom stereocenters. The standard InChI is InChI=1S/C27H33NO8/c1-17(29)20-16-21(26(30)36-25(27(31)34-4)18-9-6-5-7-10-18)28-24(20)19-11-12-22(33-3)23(15-19)35-14-8-13-32-2/h5-7,9-12,15,20-21,24-25,28H,8,13-14,16H2,1-4H3/t20?,21?,24?,25-/m1/s1. The van der Waals surface area contributed by atoms with Crippen LogP contribution < -0.4 is 14.8 Å². The molecular formula is C27H33NO8. The molecule has 1 N–H and O–H groups in total. The lowest BCUT2D eigenvalue weighted by atomic mass is 9.90. The van der Waals surface area contributed by atoms with Gasteiger partial charge in [0.25, 0.3) is 0 Å². The number of Topliss-reactive ketones (excluding diaryl/α,β-unsaturated/α-hetero) is 1. The number of ketones is 1. The first-order valence-electron chi connectivity index (χ1n) is 11.8. The zero-order valence-electron chi connectivity index (χ0n) is 21.0. The quantitative estimate of drug-likeness (QED) is 0.348. The van der Waals surface area contributed by atoms with Crippen LogP contribution >= 0.6 is 0 Å². The van der Waals surface area contributed by atoms with Crippen molar-refractivity contribution in [1.82, 2.24) is 5.32 Å². The highest BCUT2D eigenvalue weighted by molar-refractivity contribution is 5.85. The minimum Gasteiger partial charge on any atom is -0.493 e. The van der Waals surface area contributed by atoms with E-state index in [4.69, 9.17) is 23.7 Å². The molecule has 36 heavy (non-hydrogen) atoms. The monoisotopic (exact) mass is 499 g/mol. The minimum atomic E-state index is -1.20. The van der Waals surface area contributed by atoms with E-state index in [-0.39, 0.29) is 12.2 Å². The molecule has 3 rings (SSSR count). The first kappa shape index (κ1) is 27.2. The molecule has 0 spiro atoms. The summed E-state index contributed by atoms with van der Waals surface area (Å²) >= 11 is 0. The number of carbonyl (C=O) groups is 3. The molecule has 0 aliphatic carbocycles. The summed E-state index contributed by atoms with van der Waals surface area (Å²) in [5, 5.41) is 3.23. The highest BCUT2D eigenvalue weighted by Crippen LogP contribution is 2.38. The largest absolute Gasteiger partial charge is 0.493 e. The third-order valence-electron chi connectivity index (χ3n) is 6.13. The summed E-state index contributed by atoms with van der Waals surface area (Å²) in [6, 6.07) is 12.8. The van der Waals surface area contributed by atoms with E-state index in [1.165, 1.54) is 14.0 Å². The number of esters is 2. The van der Waals surface area contributed by atoms with Crippen LogP contribution in [-0.2, 0) is 28.6 Å². The first-order chi connectivity index (χ1) is 17.4. The summed E-state index contributed by atoms with van der Waals surface area (Å²) < 4.78 is 26.8. The zero-order valence-corrected chi connectivity index (χ0v) is 21.0. The van der Waals surface area contributed by atoms with Gasteiger partial charge in [0.05, 0.1) is 20.8 Å². The summed E-state index contributed by atoms with van der Waals surface area (Å²) in [6.07, 6.45) is -0.260. The third kappa shape index (κ3) is 6.61. The fourth-order valence-electron chi connectivity index (χ4n) is 4.25. The van der Waals surface area contributed by atoms with Gasteiger partial charge < -0.3 is 23.7 Å². The Hall–Kier alpha value is -3.43. The Kier molecular flexibility index (Phi) is 9.84. The van der Waals surface area contributed by atoms with Crippen LogP contribution in [0.25, 0.3) is 0 Å². The van der Waals surface area contributed by atoms with Gasteiger partial charge in [0.1, 0.15) is 11.8 Å². The van der Waals surface area contributed by atoms with E-state index in [0.29, 0.717) is 36.7 Å².